The summed E-state index contributed by atoms with van der Waals surface area (Å²) in [5.41, 5.74) is 2.57. The summed E-state index contributed by atoms with van der Waals surface area (Å²) in [4.78, 5) is 0. The van der Waals surface area contributed by atoms with E-state index in [0.29, 0.717) is 24.2 Å². The van der Waals surface area contributed by atoms with Gasteiger partial charge in [0.05, 0.1) is 0 Å². The molecule has 2 rings (SSSR count). The molecule has 0 atom stereocenters. The molecule has 0 bridgehead atoms. The molecule has 0 aliphatic rings. The van der Waals surface area contributed by atoms with Crippen LogP contribution in [0.1, 0.15) is 55.4 Å². The van der Waals surface area contributed by atoms with Crippen molar-refractivity contribution in [2.75, 3.05) is 0 Å². The summed E-state index contributed by atoms with van der Waals surface area (Å²) < 4.78 is 11.4. The average molecular weight is 441 g/mol. The number of aryl methyl sites for hydroxylation is 1. The molecule has 2 aromatic rings. The first-order valence-electron chi connectivity index (χ1n) is 9.62. The molecule has 0 aliphatic heterocycles. The summed E-state index contributed by atoms with van der Waals surface area (Å²) in [6, 6.07) is 10.6. The molecular weight excluding hydrogens is 406 g/mol. The molecule has 0 saturated carbocycles. The van der Waals surface area contributed by atoms with Crippen molar-refractivity contribution in [1.29, 1.82) is 0 Å². The van der Waals surface area contributed by atoms with Crippen LogP contribution < -0.4 is 0 Å². The van der Waals surface area contributed by atoms with Gasteiger partial charge < -0.3 is 0 Å². The number of para-hydroxylation sites is 2. The predicted octanol–water partition coefficient (Wildman–Crippen LogP) is 4.99. The number of benzene rings is 1. The Kier molecular flexibility index (Phi) is 7.32. The van der Waals surface area contributed by atoms with Gasteiger partial charge in [0, 0.05) is 0 Å². The van der Waals surface area contributed by atoms with Crippen LogP contribution in [0.3, 0.4) is 0 Å². The summed E-state index contributed by atoms with van der Waals surface area (Å²) >= 11 is 3.36. The van der Waals surface area contributed by atoms with E-state index in [0.717, 1.165) is 0 Å². The first kappa shape index (κ1) is 21.9. The number of imidazole rings is 1. The van der Waals surface area contributed by atoms with Gasteiger partial charge in [0.25, 0.3) is 0 Å². The van der Waals surface area contributed by atoms with Gasteiger partial charge in [-0.25, -0.2) is 0 Å². The minimum absolute atomic E-state index is 0.465. The van der Waals surface area contributed by atoms with Gasteiger partial charge in [0.2, 0.25) is 0 Å². The summed E-state index contributed by atoms with van der Waals surface area (Å²) in [7, 11) is 1.45. The Morgan fingerprint density at radius 2 is 1.15 bits per heavy atom. The third kappa shape index (κ3) is 4.03. The van der Waals surface area contributed by atoms with Crippen LogP contribution in [0.25, 0.3) is 11.0 Å². The van der Waals surface area contributed by atoms with E-state index in [1.54, 1.807) is 0 Å². The van der Waals surface area contributed by atoms with Crippen LogP contribution in [0.4, 0.5) is 0 Å². The van der Waals surface area contributed by atoms with Gasteiger partial charge in [-0.05, 0) is 0 Å². The zero-order valence-corrected chi connectivity index (χ0v) is 20.4. The number of hydrogen-bond donors (Lipinski definition) is 0. The maximum absolute atomic E-state index is 3.36. The molecule has 0 aliphatic carbocycles. The number of nitrogens with zero attached hydrogens (tertiary/aromatic N) is 4. The zero-order chi connectivity index (χ0) is 19.8. The second kappa shape index (κ2) is 8.71. The Balaban J connectivity index is 2.85. The predicted molar refractivity (Wildman–Crippen MR) is 116 cm³/mol. The van der Waals surface area contributed by atoms with Gasteiger partial charge in [-0.15, -0.1) is 0 Å². The first-order valence-corrected chi connectivity index (χ1v) is 11.7. The Morgan fingerprint density at radius 1 is 0.769 bits per heavy atom. The van der Waals surface area contributed by atoms with Crippen LogP contribution in [0, 0.1) is 4.32 Å². The molecule has 26 heavy (non-hydrogen) atoms. The number of aromatic nitrogens is 2. The molecule has 0 amide bonds. The van der Waals surface area contributed by atoms with Crippen molar-refractivity contribution in [2.24, 2.45) is 7.05 Å². The molecule has 146 valence electrons. The molecule has 0 radical (unpaired) electrons. The first-order chi connectivity index (χ1) is 12.1. The van der Waals surface area contributed by atoms with E-state index in [4.69, 9.17) is 0 Å². The van der Waals surface area contributed by atoms with Crippen LogP contribution in [0.15, 0.2) is 24.3 Å². The second-order valence-electron chi connectivity index (χ2n) is 8.05. The average Bonchev–Trinajstić information content (AvgIpc) is 2.77. The summed E-state index contributed by atoms with van der Waals surface area (Å²) in [6.45, 7) is 18.5. The van der Waals surface area contributed by atoms with E-state index in [1.807, 2.05) is 0 Å². The fourth-order valence-corrected chi connectivity index (χ4v) is 7.62. The van der Waals surface area contributed by atoms with Crippen LogP contribution >= 0.6 is 8.37 Å². The Hall–Kier alpha value is -0.441. The zero-order valence-electron chi connectivity index (χ0n) is 17.8. The third-order valence-electron chi connectivity index (χ3n) is 4.65. The van der Waals surface area contributed by atoms with Crippen molar-refractivity contribution in [2.45, 2.75) is 79.6 Å². The quantitative estimate of drug-likeness (QED) is 0.445. The van der Waals surface area contributed by atoms with Crippen molar-refractivity contribution in [3.05, 3.63) is 28.6 Å². The molecule has 4 nitrogen and oxygen atoms in total. The topological polar surface area (TPSA) is 16.3 Å². The Morgan fingerprint density at radius 3 is 1.54 bits per heavy atom. The molecule has 0 saturated heterocycles. The fraction of sp³-hybridized carbons (Fsp3) is 0.650. The summed E-state index contributed by atoms with van der Waals surface area (Å²) in [5, 5.41) is 0. The van der Waals surface area contributed by atoms with Crippen molar-refractivity contribution in [3.63, 3.8) is 0 Å². The van der Waals surface area contributed by atoms with Crippen LogP contribution in [-0.4, -0.2) is 58.0 Å². The third-order valence-corrected chi connectivity index (χ3v) is 9.35. The van der Waals surface area contributed by atoms with Gasteiger partial charge in [0.15, 0.2) is 0 Å². The number of rotatable bonds is 7. The summed E-state index contributed by atoms with van der Waals surface area (Å²) in [6.07, 6.45) is 0. The minimum atomic E-state index is -0.709. The fourth-order valence-electron chi connectivity index (χ4n) is 3.79. The molecule has 0 spiro atoms. The van der Waals surface area contributed by atoms with E-state index in [1.165, 1.54) is 15.4 Å². The monoisotopic (exact) mass is 442 g/mol. The SMILES string of the molecule is CC(C)N(C(C)C)P(N(C(C)C)C(C)C)n1c(=[Se])n(C)c2ccccc21. The van der Waals surface area contributed by atoms with Gasteiger partial charge >= 0.3 is 168 Å². The molecule has 0 unspecified atom stereocenters. The van der Waals surface area contributed by atoms with Gasteiger partial charge in [-0.1, -0.05) is 0 Å². The molecule has 1 aromatic carbocycles. The van der Waals surface area contributed by atoms with Gasteiger partial charge in [-0.3, -0.25) is 0 Å². The van der Waals surface area contributed by atoms with Gasteiger partial charge in [0.1, 0.15) is 0 Å². The summed E-state index contributed by atoms with van der Waals surface area (Å²) in [5.74, 6) is 0. The van der Waals surface area contributed by atoms with Crippen molar-refractivity contribution in [1.82, 2.24) is 18.2 Å². The van der Waals surface area contributed by atoms with Crippen molar-refractivity contribution >= 4 is 35.0 Å². The van der Waals surface area contributed by atoms with E-state index < -0.39 is 8.37 Å². The van der Waals surface area contributed by atoms with Crippen LogP contribution in [0.2, 0.25) is 0 Å². The Labute approximate surface area is 168 Å². The molecular formula is C20H35N4PSe. The van der Waals surface area contributed by atoms with E-state index in [9.17, 15) is 0 Å². The normalized spacial score (nSPS) is 13.1. The number of fused-ring (bicyclic) bond motifs is 1. The molecule has 6 heteroatoms. The molecule has 0 fully saturated rings. The standard InChI is InChI=1S/C20H35N4PSe/c1-14(2)22(15(3)4)25(23(16(5)6)17(7)8)24-19-13-11-10-12-18(19)21(9)20(24)26/h10-17H,1-9H3. The van der Waals surface area contributed by atoms with E-state index in [2.05, 4.69) is 121 Å². The van der Waals surface area contributed by atoms with Gasteiger partial charge in [-0.2, -0.15) is 0 Å². The molecule has 0 N–H and O–H groups in total. The van der Waals surface area contributed by atoms with Crippen molar-refractivity contribution in [3.8, 4) is 0 Å². The van der Waals surface area contributed by atoms with Crippen molar-refractivity contribution < 1.29 is 0 Å². The van der Waals surface area contributed by atoms with Crippen LogP contribution in [0.5, 0.6) is 0 Å². The molecule has 1 aromatic heterocycles. The van der Waals surface area contributed by atoms with Crippen LogP contribution in [-0.2, 0) is 7.05 Å². The molecule has 1 heterocycles. The second-order valence-corrected chi connectivity index (χ2v) is 10.7. The van der Waals surface area contributed by atoms with E-state index in [-0.39, 0.29) is 0 Å². The van der Waals surface area contributed by atoms with E-state index >= 15 is 0 Å². The number of hydrogen-bond acceptors (Lipinski definition) is 2. The Bertz CT molecular complexity index is 755. The maximum atomic E-state index is 3.36.